The van der Waals surface area contributed by atoms with Gasteiger partial charge in [0.05, 0.1) is 5.60 Å². The third kappa shape index (κ3) is 2.95. The molecule has 0 saturated heterocycles. The molecule has 0 spiro atoms. The van der Waals surface area contributed by atoms with Crippen LogP contribution in [-0.2, 0) is 0 Å². The zero-order valence-corrected chi connectivity index (χ0v) is 9.29. The van der Waals surface area contributed by atoms with Crippen molar-refractivity contribution in [2.45, 2.75) is 37.7 Å². The van der Waals surface area contributed by atoms with Crippen molar-refractivity contribution in [3.8, 4) is 5.75 Å². The summed E-state index contributed by atoms with van der Waals surface area (Å²) in [6.45, 7) is 0.260. The lowest BCUT2D eigenvalue weighted by Gasteiger charge is -2.31. The molecule has 0 heterocycles. The van der Waals surface area contributed by atoms with Crippen molar-refractivity contribution in [2.24, 2.45) is 0 Å². The summed E-state index contributed by atoms with van der Waals surface area (Å²) < 4.78 is 18.3. The Hall–Kier alpha value is -1.09. The molecule has 88 valence electrons. The van der Waals surface area contributed by atoms with Crippen LogP contribution < -0.4 is 4.74 Å². The van der Waals surface area contributed by atoms with E-state index >= 15 is 0 Å². The SMILES string of the molecule is OC1(COc2cccc(F)c2)CCCCC1. The van der Waals surface area contributed by atoms with Crippen molar-refractivity contribution in [1.82, 2.24) is 0 Å². The van der Waals surface area contributed by atoms with Gasteiger partial charge >= 0.3 is 0 Å². The normalized spacial score (nSPS) is 19.4. The highest BCUT2D eigenvalue weighted by Gasteiger charge is 2.29. The molecular formula is C13H17FO2. The van der Waals surface area contributed by atoms with Crippen LogP contribution in [0.5, 0.6) is 5.75 Å². The van der Waals surface area contributed by atoms with Crippen molar-refractivity contribution in [1.29, 1.82) is 0 Å². The molecule has 2 nitrogen and oxygen atoms in total. The van der Waals surface area contributed by atoms with Crippen LogP contribution in [0.15, 0.2) is 24.3 Å². The van der Waals surface area contributed by atoms with Gasteiger partial charge in [-0.25, -0.2) is 4.39 Å². The van der Waals surface area contributed by atoms with Gasteiger partial charge in [0.25, 0.3) is 0 Å². The Labute approximate surface area is 95.1 Å². The fourth-order valence-electron chi connectivity index (χ4n) is 2.13. The van der Waals surface area contributed by atoms with Crippen molar-refractivity contribution in [2.75, 3.05) is 6.61 Å². The fraction of sp³-hybridized carbons (Fsp3) is 0.538. The topological polar surface area (TPSA) is 29.5 Å². The van der Waals surface area contributed by atoms with Crippen molar-refractivity contribution in [3.63, 3.8) is 0 Å². The Kier molecular flexibility index (Phi) is 3.44. The van der Waals surface area contributed by atoms with E-state index in [0.29, 0.717) is 5.75 Å². The number of hydrogen-bond acceptors (Lipinski definition) is 2. The minimum absolute atomic E-state index is 0.260. The first kappa shape index (κ1) is 11.4. The van der Waals surface area contributed by atoms with Crippen LogP contribution in [0.3, 0.4) is 0 Å². The Morgan fingerprint density at radius 2 is 2.00 bits per heavy atom. The third-order valence-electron chi connectivity index (χ3n) is 3.09. The maximum Gasteiger partial charge on any atom is 0.126 e. The van der Waals surface area contributed by atoms with Gasteiger partial charge in [-0.05, 0) is 25.0 Å². The molecule has 0 aliphatic heterocycles. The van der Waals surface area contributed by atoms with Crippen LogP contribution in [0.2, 0.25) is 0 Å². The van der Waals surface area contributed by atoms with Gasteiger partial charge in [0.1, 0.15) is 18.2 Å². The molecule has 0 atom stereocenters. The molecule has 16 heavy (non-hydrogen) atoms. The first-order valence-electron chi connectivity index (χ1n) is 5.79. The largest absolute Gasteiger partial charge is 0.490 e. The summed E-state index contributed by atoms with van der Waals surface area (Å²) in [5.41, 5.74) is -0.718. The Morgan fingerprint density at radius 1 is 1.25 bits per heavy atom. The quantitative estimate of drug-likeness (QED) is 0.855. The molecule has 2 rings (SSSR count). The molecule has 1 aliphatic carbocycles. The predicted molar refractivity (Wildman–Crippen MR) is 59.9 cm³/mol. The zero-order chi connectivity index (χ0) is 11.4. The third-order valence-corrected chi connectivity index (χ3v) is 3.09. The lowest BCUT2D eigenvalue weighted by Crippen LogP contribution is -2.37. The standard InChI is InChI=1S/C13H17FO2/c14-11-5-4-6-12(9-11)16-10-13(15)7-2-1-3-8-13/h4-6,9,15H,1-3,7-8,10H2. The van der Waals surface area contributed by atoms with Gasteiger partial charge in [0.15, 0.2) is 0 Å². The van der Waals surface area contributed by atoms with Crippen LogP contribution in [0.25, 0.3) is 0 Å². The van der Waals surface area contributed by atoms with Gasteiger partial charge in [0.2, 0.25) is 0 Å². The van der Waals surface area contributed by atoms with E-state index in [1.54, 1.807) is 12.1 Å². The molecule has 1 aromatic carbocycles. The van der Waals surface area contributed by atoms with Gasteiger partial charge in [-0.3, -0.25) is 0 Å². The number of hydrogen-bond donors (Lipinski definition) is 1. The first-order valence-corrected chi connectivity index (χ1v) is 5.79. The number of benzene rings is 1. The summed E-state index contributed by atoms with van der Waals surface area (Å²) in [5.74, 6) is 0.173. The molecule has 0 aromatic heterocycles. The van der Waals surface area contributed by atoms with E-state index in [0.717, 1.165) is 25.7 Å². The molecule has 3 heteroatoms. The predicted octanol–water partition coefficient (Wildman–Crippen LogP) is 2.90. The molecule has 0 bridgehead atoms. The minimum atomic E-state index is -0.718. The van der Waals surface area contributed by atoms with E-state index in [1.165, 1.54) is 18.6 Å². The Balaban J connectivity index is 1.91. The smallest absolute Gasteiger partial charge is 0.126 e. The molecule has 1 aliphatic rings. The van der Waals surface area contributed by atoms with Gasteiger partial charge in [-0.2, -0.15) is 0 Å². The van der Waals surface area contributed by atoms with Crippen LogP contribution in [0.1, 0.15) is 32.1 Å². The highest BCUT2D eigenvalue weighted by molar-refractivity contribution is 5.22. The molecule has 0 radical (unpaired) electrons. The van der Waals surface area contributed by atoms with Crippen molar-refractivity contribution < 1.29 is 14.2 Å². The summed E-state index contributed by atoms with van der Waals surface area (Å²) in [4.78, 5) is 0. The van der Waals surface area contributed by atoms with Crippen LogP contribution in [-0.4, -0.2) is 17.3 Å². The first-order chi connectivity index (χ1) is 7.68. The lowest BCUT2D eigenvalue weighted by atomic mass is 9.85. The van der Waals surface area contributed by atoms with E-state index < -0.39 is 5.60 Å². The highest BCUT2D eigenvalue weighted by atomic mass is 19.1. The molecule has 0 amide bonds. The van der Waals surface area contributed by atoms with Gasteiger partial charge < -0.3 is 9.84 Å². The lowest BCUT2D eigenvalue weighted by molar-refractivity contribution is -0.0339. The molecule has 1 fully saturated rings. The van der Waals surface area contributed by atoms with E-state index in [9.17, 15) is 9.50 Å². The summed E-state index contributed by atoms with van der Waals surface area (Å²) in [7, 11) is 0. The maximum atomic E-state index is 12.9. The van der Waals surface area contributed by atoms with E-state index in [1.807, 2.05) is 0 Å². The van der Waals surface area contributed by atoms with Crippen molar-refractivity contribution >= 4 is 0 Å². The van der Waals surface area contributed by atoms with Crippen LogP contribution in [0.4, 0.5) is 4.39 Å². The summed E-state index contributed by atoms with van der Waals surface area (Å²) in [5, 5.41) is 10.2. The Bertz CT molecular complexity index is 346. The number of halogens is 1. The Morgan fingerprint density at radius 3 is 2.69 bits per heavy atom. The monoisotopic (exact) mass is 224 g/mol. The molecule has 1 N–H and O–H groups in total. The minimum Gasteiger partial charge on any atom is -0.490 e. The zero-order valence-electron chi connectivity index (χ0n) is 9.29. The highest BCUT2D eigenvalue weighted by Crippen LogP contribution is 2.28. The average Bonchev–Trinajstić information content (AvgIpc) is 2.28. The van der Waals surface area contributed by atoms with Gasteiger partial charge in [-0.1, -0.05) is 25.3 Å². The fourth-order valence-corrected chi connectivity index (χ4v) is 2.13. The average molecular weight is 224 g/mol. The van der Waals surface area contributed by atoms with Crippen LogP contribution >= 0.6 is 0 Å². The second-order valence-corrected chi connectivity index (χ2v) is 4.53. The molecule has 0 unspecified atom stereocenters. The molecule has 1 saturated carbocycles. The van der Waals surface area contributed by atoms with E-state index in [2.05, 4.69) is 0 Å². The van der Waals surface area contributed by atoms with E-state index in [4.69, 9.17) is 4.74 Å². The number of aliphatic hydroxyl groups is 1. The molecular weight excluding hydrogens is 207 g/mol. The van der Waals surface area contributed by atoms with Crippen LogP contribution in [0, 0.1) is 5.82 Å². The maximum absolute atomic E-state index is 12.9. The second-order valence-electron chi connectivity index (χ2n) is 4.53. The van der Waals surface area contributed by atoms with E-state index in [-0.39, 0.29) is 12.4 Å². The van der Waals surface area contributed by atoms with Crippen molar-refractivity contribution in [3.05, 3.63) is 30.1 Å². The van der Waals surface area contributed by atoms with Gasteiger partial charge in [-0.15, -0.1) is 0 Å². The summed E-state index contributed by atoms with van der Waals surface area (Å²) >= 11 is 0. The summed E-state index contributed by atoms with van der Waals surface area (Å²) in [6, 6.07) is 6.03. The van der Waals surface area contributed by atoms with Gasteiger partial charge in [0, 0.05) is 6.07 Å². The number of rotatable bonds is 3. The second kappa shape index (κ2) is 4.83. The molecule has 1 aromatic rings. The number of ether oxygens (including phenoxy) is 1. The summed E-state index contributed by atoms with van der Waals surface area (Å²) in [6.07, 6.45) is 4.83.